The van der Waals surface area contributed by atoms with Crippen molar-refractivity contribution in [1.29, 1.82) is 0 Å². The third kappa shape index (κ3) is 3.00. The zero-order chi connectivity index (χ0) is 15.7. The van der Waals surface area contributed by atoms with Crippen LogP contribution in [-0.2, 0) is 6.42 Å². The van der Waals surface area contributed by atoms with E-state index in [9.17, 15) is 10.1 Å². The van der Waals surface area contributed by atoms with Crippen LogP contribution in [0.15, 0.2) is 39.2 Å². The van der Waals surface area contributed by atoms with Crippen LogP contribution < -0.4 is 0 Å². The molecule has 0 saturated heterocycles. The van der Waals surface area contributed by atoms with E-state index in [0.29, 0.717) is 0 Å². The summed E-state index contributed by atoms with van der Waals surface area (Å²) in [6.07, 6.45) is 3.25. The van der Waals surface area contributed by atoms with Crippen LogP contribution in [0, 0.1) is 16.0 Å². The molecule has 1 aliphatic rings. The number of aromatic nitrogens is 2. The Bertz CT molecular complexity index is 760. The van der Waals surface area contributed by atoms with Crippen LogP contribution in [0.3, 0.4) is 0 Å². The summed E-state index contributed by atoms with van der Waals surface area (Å²) in [5, 5.41) is 16.1. The highest BCUT2D eigenvalue weighted by Crippen LogP contribution is 2.33. The molecule has 0 amide bonds. The summed E-state index contributed by atoms with van der Waals surface area (Å²) in [5.41, 5.74) is 5.78. The monoisotopic (exact) mass is 333 g/mol. The second-order valence-electron chi connectivity index (χ2n) is 5.42. The van der Waals surface area contributed by atoms with E-state index < -0.39 is 0 Å². The van der Waals surface area contributed by atoms with Crippen molar-refractivity contribution in [2.24, 2.45) is 5.92 Å². The standard InChI is InChI=1S/C15H15N3O2S2/c1-9-4-14(18(19)20)10(2)3-11(9)5-15-17-13(7-22-15)12-6-21-8-16-12/h4,6-8,11H,3,5H2,1-2H3. The average molecular weight is 333 g/mol. The van der Waals surface area contributed by atoms with Gasteiger partial charge in [-0.05, 0) is 26.2 Å². The average Bonchev–Trinajstić information content (AvgIpc) is 3.12. The fourth-order valence-corrected chi connectivity index (χ4v) is 4.02. The van der Waals surface area contributed by atoms with Crippen molar-refractivity contribution in [3.63, 3.8) is 0 Å². The number of allylic oxidation sites excluding steroid dienone is 3. The van der Waals surface area contributed by atoms with Gasteiger partial charge in [0, 0.05) is 28.8 Å². The Kier molecular flexibility index (Phi) is 4.17. The first-order valence-corrected chi connectivity index (χ1v) is 8.72. The first kappa shape index (κ1) is 15.1. The maximum atomic E-state index is 11.0. The molecule has 1 aliphatic carbocycles. The van der Waals surface area contributed by atoms with Crippen LogP contribution in [0.4, 0.5) is 0 Å². The number of nitro groups is 1. The molecule has 0 spiro atoms. The van der Waals surface area contributed by atoms with Gasteiger partial charge < -0.3 is 0 Å². The van der Waals surface area contributed by atoms with Gasteiger partial charge in [-0.3, -0.25) is 10.1 Å². The summed E-state index contributed by atoms with van der Waals surface area (Å²) in [6, 6.07) is 0. The van der Waals surface area contributed by atoms with Gasteiger partial charge in [0.05, 0.1) is 15.4 Å². The van der Waals surface area contributed by atoms with E-state index in [2.05, 4.69) is 9.97 Å². The number of hydrogen-bond acceptors (Lipinski definition) is 6. The molecule has 2 heterocycles. The van der Waals surface area contributed by atoms with Crippen molar-refractivity contribution in [3.05, 3.63) is 54.3 Å². The zero-order valence-electron chi connectivity index (χ0n) is 12.3. The lowest BCUT2D eigenvalue weighted by molar-refractivity contribution is -0.420. The molecule has 0 aromatic carbocycles. The third-order valence-electron chi connectivity index (χ3n) is 3.86. The highest BCUT2D eigenvalue weighted by Gasteiger charge is 2.25. The van der Waals surface area contributed by atoms with E-state index in [4.69, 9.17) is 0 Å². The quantitative estimate of drug-likeness (QED) is 0.617. The number of hydrogen-bond donors (Lipinski definition) is 0. The summed E-state index contributed by atoms with van der Waals surface area (Å²) < 4.78 is 0. The third-order valence-corrected chi connectivity index (χ3v) is 5.32. The number of thiazole rings is 2. The lowest BCUT2D eigenvalue weighted by Gasteiger charge is -2.20. The molecule has 5 nitrogen and oxygen atoms in total. The van der Waals surface area contributed by atoms with Gasteiger partial charge in [0.2, 0.25) is 0 Å². The van der Waals surface area contributed by atoms with E-state index in [1.807, 2.05) is 24.6 Å². The summed E-state index contributed by atoms with van der Waals surface area (Å²) in [4.78, 5) is 19.6. The summed E-state index contributed by atoms with van der Waals surface area (Å²) in [6.45, 7) is 3.81. The van der Waals surface area contributed by atoms with E-state index in [-0.39, 0.29) is 16.5 Å². The summed E-state index contributed by atoms with van der Waals surface area (Å²) in [7, 11) is 0. The summed E-state index contributed by atoms with van der Waals surface area (Å²) >= 11 is 3.19. The molecule has 22 heavy (non-hydrogen) atoms. The van der Waals surface area contributed by atoms with Crippen LogP contribution in [0.2, 0.25) is 0 Å². The van der Waals surface area contributed by atoms with Gasteiger partial charge in [0.25, 0.3) is 5.70 Å². The van der Waals surface area contributed by atoms with Crippen LogP contribution in [0.5, 0.6) is 0 Å². The maximum Gasteiger partial charge on any atom is 0.268 e. The number of nitrogens with zero attached hydrogens (tertiary/aromatic N) is 3. The largest absolute Gasteiger partial charge is 0.268 e. The van der Waals surface area contributed by atoms with E-state index in [1.165, 1.54) is 0 Å². The van der Waals surface area contributed by atoms with Gasteiger partial charge in [-0.15, -0.1) is 22.7 Å². The van der Waals surface area contributed by atoms with Crippen molar-refractivity contribution in [2.75, 3.05) is 0 Å². The van der Waals surface area contributed by atoms with E-state index in [0.717, 1.165) is 40.4 Å². The lowest BCUT2D eigenvalue weighted by atomic mass is 9.85. The van der Waals surface area contributed by atoms with Crippen LogP contribution in [-0.4, -0.2) is 14.9 Å². The first-order chi connectivity index (χ1) is 10.5. The van der Waals surface area contributed by atoms with Gasteiger partial charge in [-0.1, -0.05) is 5.57 Å². The van der Waals surface area contributed by atoms with Gasteiger partial charge in [-0.2, -0.15) is 0 Å². The maximum absolute atomic E-state index is 11.0. The molecular formula is C15H15N3O2S2. The number of rotatable bonds is 4. The minimum absolute atomic E-state index is 0.246. The Labute approximate surface area is 136 Å². The first-order valence-electron chi connectivity index (χ1n) is 6.90. The lowest BCUT2D eigenvalue weighted by Crippen LogP contribution is -2.15. The fourth-order valence-electron chi connectivity index (χ4n) is 2.61. The summed E-state index contributed by atoms with van der Waals surface area (Å²) in [5.74, 6) is 0.290. The molecule has 2 aromatic heterocycles. The van der Waals surface area contributed by atoms with Gasteiger partial charge in [-0.25, -0.2) is 9.97 Å². The van der Waals surface area contributed by atoms with Gasteiger partial charge in [0.15, 0.2) is 0 Å². The fraction of sp³-hybridized carbons (Fsp3) is 0.333. The molecule has 0 aliphatic heterocycles. The van der Waals surface area contributed by atoms with Crippen molar-refractivity contribution < 1.29 is 4.92 Å². The Morgan fingerprint density at radius 1 is 1.36 bits per heavy atom. The highest BCUT2D eigenvalue weighted by molar-refractivity contribution is 7.10. The van der Waals surface area contributed by atoms with Crippen molar-refractivity contribution in [3.8, 4) is 11.4 Å². The Morgan fingerprint density at radius 2 is 2.18 bits per heavy atom. The highest BCUT2D eigenvalue weighted by atomic mass is 32.1. The Balaban J connectivity index is 1.75. The molecule has 3 rings (SSSR count). The molecule has 1 atom stereocenters. The molecule has 0 bridgehead atoms. The van der Waals surface area contributed by atoms with Gasteiger partial charge >= 0.3 is 0 Å². The smallest absolute Gasteiger partial charge is 0.258 e. The Morgan fingerprint density at radius 3 is 2.86 bits per heavy atom. The predicted octanol–water partition coefficient (Wildman–Crippen LogP) is 4.33. The molecule has 0 radical (unpaired) electrons. The molecule has 0 N–H and O–H groups in total. The molecular weight excluding hydrogens is 318 g/mol. The van der Waals surface area contributed by atoms with Crippen molar-refractivity contribution in [2.45, 2.75) is 26.7 Å². The predicted molar refractivity (Wildman–Crippen MR) is 88.5 cm³/mol. The molecule has 0 fully saturated rings. The second-order valence-corrected chi connectivity index (χ2v) is 7.08. The zero-order valence-corrected chi connectivity index (χ0v) is 13.9. The molecule has 1 unspecified atom stereocenters. The molecule has 2 aromatic rings. The van der Waals surface area contributed by atoms with Crippen LogP contribution in [0.25, 0.3) is 11.4 Å². The SMILES string of the molecule is CC1=CC([N+](=O)[O-])=C(C)CC1Cc1nc(-c2cscn2)cs1. The van der Waals surface area contributed by atoms with Crippen molar-refractivity contribution in [1.82, 2.24) is 9.97 Å². The minimum atomic E-state index is -0.293. The normalized spacial score (nSPS) is 18.5. The molecule has 0 saturated carbocycles. The molecule has 114 valence electrons. The Hall–Kier alpha value is -1.86. The van der Waals surface area contributed by atoms with Gasteiger partial charge in [0.1, 0.15) is 11.4 Å². The molecule has 7 heteroatoms. The van der Waals surface area contributed by atoms with Crippen LogP contribution >= 0.6 is 22.7 Å². The minimum Gasteiger partial charge on any atom is -0.258 e. The second kappa shape index (κ2) is 6.10. The van der Waals surface area contributed by atoms with Crippen molar-refractivity contribution >= 4 is 22.7 Å². The van der Waals surface area contributed by atoms with E-state index in [1.54, 1.807) is 34.3 Å². The van der Waals surface area contributed by atoms with Crippen LogP contribution in [0.1, 0.15) is 25.3 Å². The topological polar surface area (TPSA) is 68.9 Å². The van der Waals surface area contributed by atoms with E-state index >= 15 is 0 Å².